The van der Waals surface area contributed by atoms with Gasteiger partial charge in [0.05, 0.1) is 6.61 Å². The molecule has 0 radical (unpaired) electrons. The van der Waals surface area contributed by atoms with Crippen LogP contribution in [-0.4, -0.2) is 24.2 Å². The van der Waals surface area contributed by atoms with Gasteiger partial charge < -0.3 is 10.1 Å². The standard InChI is InChI=1S/C16H25NOS/c1-16(2,3)19-11-14(17-4)13-9-5-7-12-8-6-10-18-15(12)13/h5,7,9,14,17H,6,8,10-11H2,1-4H3. The molecule has 0 saturated carbocycles. The van der Waals surface area contributed by atoms with E-state index in [1.165, 1.54) is 11.1 Å². The van der Waals surface area contributed by atoms with Crippen molar-refractivity contribution in [2.45, 2.75) is 44.4 Å². The molecular formula is C16H25NOS. The lowest BCUT2D eigenvalue weighted by atomic mass is 9.99. The highest BCUT2D eigenvalue weighted by Gasteiger charge is 2.22. The highest BCUT2D eigenvalue weighted by Crippen LogP contribution is 2.36. The van der Waals surface area contributed by atoms with Crippen LogP contribution in [0.1, 0.15) is 44.4 Å². The Morgan fingerprint density at radius 3 is 2.84 bits per heavy atom. The third-order valence-corrected chi connectivity index (χ3v) is 4.74. The van der Waals surface area contributed by atoms with Gasteiger partial charge in [-0.2, -0.15) is 11.8 Å². The summed E-state index contributed by atoms with van der Waals surface area (Å²) in [6.45, 7) is 7.65. The fourth-order valence-corrected chi connectivity index (χ4v) is 3.36. The Labute approximate surface area is 121 Å². The topological polar surface area (TPSA) is 21.3 Å². The van der Waals surface area contributed by atoms with E-state index in [0.717, 1.165) is 31.0 Å². The van der Waals surface area contributed by atoms with Crippen LogP contribution in [0.5, 0.6) is 5.75 Å². The van der Waals surface area contributed by atoms with Gasteiger partial charge in [-0.3, -0.25) is 0 Å². The minimum atomic E-state index is 0.296. The number of thioether (sulfide) groups is 1. The second kappa shape index (κ2) is 6.19. The third kappa shape index (κ3) is 3.90. The molecule has 0 aliphatic carbocycles. The highest BCUT2D eigenvalue weighted by atomic mass is 32.2. The Kier molecular flexibility index (Phi) is 4.80. The molecule has 1 unspecified atom stereocenters. The number of hydrogen-bond donors (Lipinski definition) is 1. The summed E-state index contributed by atoms with van der Waals surface area (Å²) in [5.74, 6) is 2.20. The van der Waals surface area contributed by atoms with Gasteiger partial charge in [0.1, 0.15) is 5.75 Å². The summed E-state index contributed by atoms with van der Waals surface area (Å²) in [5, 5.41) is 3.44. The van der Waals surface area contributed by atoms with Crippen LogP contribution < -0.4 is 10.1 Å². The molecule has 1 atom stereocenters. The third-order valence-electron chi connectivity index (χ3n) is 3.37. The number of benzene rings is 1. The number of hydrogen-bond acceptors (Lipinski definition) is 3. The molecule has 0 fully saturated rings. The summed E-state index contributed by atoms with van der Waals surface area (Å²) in [6, 6.07) is 6.92. The molecule has 0 saturated heterocycles. The summed E-state index contributed by atoms with van der Waals surface area (Å²) < 4.78 is 6.22. The lowest BCUT2D eigenvalue weighted by molar-refractivity contribution is 0.283. The van der Waals surface area contributed by atoms with E-state index in [2.05, 4.69) is 44.3 Å². The lowest BCUT2D eigenvalue weighted by Crippen LogP contribution is -2.23. The molecule has 1 aliphatic rings. The van der Waals surface area contributed by atoms with Gasteiger partial charge in [0.25, 0.3) is 0 Å². The van der Waals surface area contributed by atoms with Crippen LogP contribution in [0.25, 0.3) is 0 Å². The molecule has 19 heavy (non-hydrogen) atoms. The zero-order valence-electron chi connectivity index (χ0n) is 12.5. The van der Waals surface area contributed by atoms with Crippen molar-refractivity contribution in [1.82, 2.24) is 5.32 Å². The number of fused-ring (bicyclic) bond motifs is 1. The molecule has 0 spiro atoms. The van der Waals surface area contributed by atoms with E-state index in [9.17, 15) is 0 Å². The van der Waals surface area contributed by atoms with Gasteiger partial charge in [0.2, 0.25) is 0 Å². The fraction of sp³-hybridized carbons (Fsp3) is 0.625. The van der Waals surface area contributed by atoms with E-state index >= 15 is 0 Å². The molecule has 1 N–H and O–H groups in total. The first-order valence-electron chi connectivity index (χ1n) is 7.07. The van der Waals surface area contributed by atoms with Crippen molar-refractivity contribution in [2.75, 3.05) is 19.4 Å². The second-order valence-electron chi connectivity index (χ2n) is 6.05. The summed E-state index contributed by atoms with van der Waals surface area (Å²) in [5.41, 5.74) is 2.68. The Morgan fingerprint density at radius 1 is 1.37 bits per heavy atom. The molecule has 0 aromatic heterocycles. The lowest BCUT2D eigenvalue weighted by Gasteiger charge is -2.27. The SMILES string of the molecule is CNC(CSC(C)(C)C)c1cccc2c1OCCC2. The molecular weight excluding hydrogens is 254 g/mol. The van der Waals surface area contributed by atoms with E-state index in [1.807, 2.05) is 18.8 Å². The fourth-order valence-electron chi connectivity index (χ4n) is 2.35. The number of rotatable bonds is 4. The first kappa shape index (κ1) is 14.7. The minimum absolute atomic E-state index is 0.296. The summed E-state index contributed by atoms with van der Waals surface area (Å²) in [6.07, 6.45) is 2.28. The predicted molar refractivity (Wildman–Crippen MR) is 84.3 cm³/mol. The monoisotopic (exact) mass is 279 g/mol. The van der Waals surface area contributed by atoms with E-state index in [4.69, 9.17) is 4.74 Å². The summed E-state index contributed by atoms with van der Waals surface area (Å²) in [4.78, 5) is 0. The van der Waals surface area contributed by atoms with Crippen LogP contribution in [0.4, 0.5) is 0 Å². The van der Waals surface area contributed by atoms with Gasteiger partial charge in [-0.05, 0) is 25.5 Å². The maximum absolute atomic E-state index is 5.92. The van der Waals surface area contributed by atoms with Gasteiger partial charge in [-0.15, -0.1) is 0 Å². The number of nitrogens with one attached hydrogen (secondary N) is 1. The minimum Gasteiger partial charge on any atom is -0.493 e. The van der Waals surface area contributed by atoms with Crippen LogP contribution in [0.3, 0.4) is 0 Å². The van der Waals surface area contributed by atoms with Gasteiger partial charge >= 0.3 is 0 Å². The maximum atomic E-state index is 5.92. The van der Waals surface area contributed by atoms with Gasteiger partial charge in [0, 0.05) is 22.1 Å². The Balaban J connectivity index is 2.18. The van der Waals surface area contributed by atoms with Gasteiger partial charge in [-0.25, -0.2) is 0 Å². The molecule has 3 heteroatoms. The van der Waals surface area contributed by atoms with Crippen molar-refractivity contribution in [1.29, 1.82) is 0 Å². The molecule has 1 aromatic rings. The van der Waals surface area contributed by atoms with E-state index < -0.39 is 0 Å². The van der Waals surface area contributed by atoms with Crippen LogP contribution in [0.2, 0.25) is 0 Å². The average molecular weight is 279 g/mol. The number of aryl methyl sites for hydroxylation is 1. The normalized spacial score (nSPS) is 16.6. The maximum Gasteiger partial charge on any atom is 0.127 e. The van der Waals surface area contributed by atoms with E-state index in [-0.39, 0.29) is 0 Å². The van der Waals surface area contributed by atoms with Crippen molar-refractivity contribution in [3.05, 3.63) is 29.3 Å². The molecule has 2 rings (SSSR count). The first-order chi connectivity index (χ1) is 9.01. The van der Waals surface area contributed by atoms with Crippen molar-refractivity contribution in [2.24, 2.45) is 0 Å². The average Bonchev–Trinajstić information content (AvgIpc) is 2.38. The second-order valence-corrected chi connectivity index (χ2v) is 7.90. The number of ether oxygens (including phenoxy) is 1. The molecule has 1 aliphatic heterocycles. The highest BCUT2D eigenvalue weighted by molar-refractivity contribution is 8.00. The molecule has 1 aromatic carbocycles. The van der Waals surface area contributed by atoms with Crippen molar-refractivity contribution in [3.63, 3.8) is 0 Å². The quantitative estimate of drug-likeness (QED) is 0.905. The smallest absolute Gasteiger partial charge is 0.127 e. The van der Waals surface area contributed by atoms with Crippen molar-refractivity contribution in [3.8, 4) is 5.75 Å². The molecule has 2 nitrogen and oxygen atoms in total. The Bertz CT molecular complexity index is 425. The molecule has 106 valence electrons. The van der Waals surface area contributed by atoms with Gasteiger partial charge in [-0.1, -0.05) is 39.0 Å². The predicted octanol–water partition coefficient (Wildman–Crippen LogP) is 3.80. The van der Waals surface area contributed by atoms with Crippen molar-refractivity contribution < 1.29 is 4.74 Å². The van der Waals surface area contributed by atoms with Crippen LogP contribution in [-0.2, 0) is 6.42 Å². The summed E-state index contributed by atoms with van der Waals surface area (Å²) >= 11 is 1.99. The molecule has 0 amide bonds. The summed E-state index contributed by atoms with van der Waals surface area (Å²) in [7, 11) is 2.04. The van der Waals surface area contributed by atoms with Crippen LogP contribution >= 0.6 is 11.8 Å². The van der Waals surface area contributed by atoms with E-state index in [1.54, 1.807) is 0 Å². The Morgan fingerprint density at radius 2 is 2.16 bits per heavy atom. The van der Waals surface area contributed by atoms with Crippen LogP contribution in [0, 0.1) is 0 Å². The number of para-hydroxylation sites is 1. The van der Waals surface area contributed by atoms with Gasteiger partial charge in [0.15, 0.2) is 0 Å². The van der Waals surface area contributed by atoms with Crippen molar-refractivity contribution >= 4 is 11.8 Å². The zero-order chi connectivity index (χ0) is 13.9. The van der Waals surface area contributed by atoms with Crippen LogP contribution in [0.15, 0.2) is 18.2 Å². The molecule has 1 heterocycles. The van der Waals surface area contributed by atoms with E-state index in [0.29, 0.717) is 10.8 Å². The Hall–Kier alpha value is -0.670. The molecule has 0 bridgehead atoms. The first-order valence-corrected chi connectivity index (χ1v) is 8.05. The largest absolute Gasteiger partial charge is 0.493 e. The zero-order valence-corrected chi connectivity index (χ0v) is 13.3.